The van der Waals surface area contributed by atoms with Crippen molar-refractivity contribution in [1.82, 2.24) is 14.3 Å². The predicted octanol–water partition coefficient (Wildman–Crippen LogP) is 4.65. The Hall–Kier alpha value is -2.44. The van der Waals surface area contributed by atoms with E-state index in [2.05, 4.69) is 28.6 Å². The summed E-state index contributed by atoms with van der Waals surface area (Å²) in [7, 11) is 0. The second-order valence-electron chi connectivity index (χ2n) is 6.16. The highest BCUT2D eigenvalue weighted by atomic mass is 32.1. The van der Waals surface area contributed by atoms with Crippen molar-refractivity contribution in [1.29, 1.82) is 0 Å². The standard InChI is InChI=1S/C20H19N3OS2/c1-15-5-2-8-19-21-18(14-23(15)19)20(24)22(13-17-7-4-12-26-17)10-9-16-6-3-11-25-16/h2-8,11-12,14H,9-10,13H2,1H3. The van der Waals surface area contributed by atoms with Gasteiger partial charge in [-0.25, -0.2) is 4.98 Å². The van der Waals surface area contributed by atoms with Gasteiger partial charge in [0.05, 0.1) is 6.54 Å². The summed E-state index contributed by atoms with van der Waals surface area (Å²) in [5.41, 5.74) is 2.38. The third-order valence-corrected chi connectivity index (χ3v) is 6.13. The highest BCUT2D eigenvalue weighted by Gasteiger charge is 2.20. The molecule has 4 rings (SSSR count). The molecule has 132 valence electrons. The quantitative estimate of drug-likeness (QED) is 0.487. The fraction of sp³-hybridized carbons (Fsp3) is 0.200. The van der Waals surface area contributed by atoms with Crippen LogP contribution < -0.4 is 0 Å². The Bertz CT molecular complexity index is 1000. The maximum Gasteiger partial charge on any atom is 0.274 e. The van der Waals surface area contributed by atoms with Crippen LogP contribution >= 0.6 is 22.7 Å². The van der Waals surface area contributed by atoms with E-state index in [1.807, 2.05) is 52.1 Å². The number of aryl methyl sites for hydroxylation is 1. The van der Waals surface area contributed by atoms with Crippen LogP contribution in [0.3, 0.4) is 0 Å². The van der Waals surface area contributed by atoms with Gasteiger partial charge in [0, 0.05) is 28.2 Å². The minimum absolute atomic E-state index is 0.0157. The maximum absolute atomic E-state index is 13.2. The summed E-state index contributed by atoms with van der Waals surface area (Å²) in [6.45, 7) is 3.32. The first kappa shape index (κ1) is 17.0. The summed E-state index contributed by atoms with van der Waals surface area (Å²) in [5.74, 6) is -0.0157. The molecule has 1 amide bonds. The number of aromatic nitrogens is 2. The van der Waals surface area contributed by atoms with E-state index in [-0.39, 0.29) is 5.91 Å². The van der Waals surface area contributed by atoms with Gasteiger partial charge in [0.1, 0.15) is 11.3 Å². The molecule has 0 radical (unpaired) electrons. The van der Waals surface area contributed by atoms with Crippen LogP contribution in [-0.4, -0.2) is 26.7 Å². The van der Waals surface area contributed by atoms with E-state index in [1.54, 1.807) is 22.7 Å². The summed E-state index contributed by atoms with van der Waals surface area (Å²) in [6, 6.07) is 14.2. The van der Waals surface area contributed by atoms with Crippen molar-refractivity contribution >= 4 is 34.2 Å². The number of hydrogen-bond donors (Lipinski definition) is 0. The van der Waals surface area contributed by atoms with Crippen molar-refractivity contribution in [3.05, 3.63) is 80.6 Å². The minimum atomic E-state index is -0.0157. The second-order valence-corrected chi connectivity index (χ2v) is 8.22. The highest BCUT2D eigenvalue weighted by Crippen LogP contribution is 2.17. The maximum atomic E-state index is 13.2. The van der Waals surface area contributed by atoms with Gasteiger partial charge in [-0.05, 0) is 48.4 Å². The Morgan fingerprint density at radius 3 is 2.54 bits per heavy atom. The molecule has 26 heavy (non-hydrogen) atoms. The minimum Gasteiger partial charge on any atom is -0.332 e. The van der Waals surface area contributed by atoms with Gasteiger partial charge in [-0.1, -0.05) is 18.2 Å². The van der Waals surface area contributed by atoms with Crippen LogP contribution in [0.15, 0.2) is 59.4 Å². The summed E-state index contributed by atoms with van der Waals surface area (Å²) >= 11 is 3.41. The Balaban J connectivity index is 1.60. The number of nitrogens with zero attached hydrogens (tertiary/aromatic N) is 3. The molecule has 0 aromatic carbocycles. The second kappa shape index (κ2) is 7.43. The molecule has 0 saturated heterocycles. The van der Waals surface area contributed by atoms with Gasteiger partial charge in [-0.15, -0.1) is 22.7 Å². The lowest BCUT2D eigenvalue weighted by atomic mass is 10.3. The third kappa shape index (κ3) is 3.57. The molecule has 0 bridgehead atoms. The Morgan fingerprint density at radius 2 is 1.85 bits per heavy atom. The zero-order valence-corrected chi connectivity index (χ0v) is 16.1. The molecule has 4 heterocycles. The van der Waals surface area contributed by atoms with Gasteiger partial charge in [-0.2, -0.15) is 0 Å². The van der Waals surface area contributed by atoms with Gasteiger partial charge in [0.25, 0.3) is 5.91 Å². The molecular formula is C20H19N3OS2. The van der Waals surface area contributed by atoms with Gasteiger partial charge >= 0.3 is 0 Å². The smallest absolute Gasteiger partial charge is 0.274 e. The van der Waals surface area contributed by atoms with Crippen LogP contribution in [0, 0.1) is 6.92 Å². The van der Waals surface area contributed by atoms with Crippen LogP contribution in [-0.2, 0) is 13.0 Å². The Morgan fingerprint density at radius 1 is 1.08 bits per heavy atom. The molecule has 0 saturated carbocycles. The van der Waals surface area contributed by atoms with Crippen molar-refractivity contribution in [2.75, 3.05) is 6.54 Å². The van der Waals surface area contributed by atoms with Gasteiger partial charge in [-0.3, -0.25) is 4.79 Å². The predicted molar refractivity (Wildman–Crippen MR) is 107 cm³/mol. The first-order valence-electron chi connectivity index (χ1n) is 8.49. The number of carbonyl (C=O) groups is 1. The number of amides is 1. The van der Waals surface area contributed by atoms with Crippen LogP contribution in [0.4, 0.5) is 0 Å². The number of thiophene rings is 2. The van der Waals surface area contributed by atoms with Crippen LogP contribution in [0.2, 0.25) is 0 Å². The summed E-state index contributed by atoms with van der Waals surface area (Å²) in [5, 5.41) is 4.12. The first-order chi connectivity index (χ1) is 12.7. The third-order valence-electron chi connectivity index (χ3n) is 4.34. The van der Waals surface area contributed by atoms with Crippen molar-refractivity contribution in [3.63, 3.8) is 0 Å². The highest BCUT2D eigenvalue weighted by molar-refractivity contribution is 7.10. The van der Waals surface area contributed by atoms with Gasteiger partial charge in [0.2, 0.25) is 0 Å². The topological polar surface area (TPSA) is 37.6 Å². The van der Waals surface area contributed by atoms with Crippen molar-refractivity contribution in [2.45, 2.75) is 19.9 Å². The molecule has 0 N–H and O–H groups in total. The molecule has 4 aromatic rings. The van der Waals surface area contributed by atoms with E-state index in [4.69, 9.17) is 0 Å². The number of fused-ring (bicyclic) bond motifs is 1. The number of imidazole rings is 1. The fourth-order valence-electron chi connectivity index (χ4n) is 2.96. The zero-order chi connectivity index (χ0) is 17.9. The van der Waals surface area contributed by atoms with Crippen LogP contribution in [0.5, 0.6) is 0 Å². The summed E-state index contributed by atoms with van der Waals surface area (Å²) in [6.07, 6.45) is 2.71. The number of pyridine rings is 1. The van der Waals surface area contributed by atoms with Gasteiger partial charge < -0.3 is 9.30 Å². The SMILES string of the molecule is Cc1cccc2nc(C(=O)N(CCc3cccs3)Cc3cccs3)cn12. The summed E-state index contributed by atoms with van der Waals surface area (Å²) in [4.78, 5) is 22.1. The monoisotopic (exact) mass is 381 g/mol. The van der Waals surface area contributed by atoms with E-state index < -0.39 is 0 Å². The number of carbonyl (C=O) groups excluding carboxylic acids is 1. The van der Waals surface area contributed by atoms with Gasteiger partial charge in [0.15, 0.2) is 0 Å². The molecular weight excluding hydrogens is 362 g/mol. The average Bonchev–Trinajstić information content (AvgIpc) is 3.39. The lowest BCUT2D eigenvalue weighted by Gasteiger charge is -2.21. The van der Waals surface area contributed by atoms with E-state index in [0.717, 1.165) is 17.8 Å². The molecule has 0 aliphatic heterocycles. The first-order valence-corrected chi connectivity index (χ1v) is 10.3. The fourth-order valence-corrected chi connectivity index (χ4v) is 4.37. The molecule has 0 atom stereocenters. The summed E-state index contributed by atoms with van der Waals surface area (Å²) < 4.78 is 1.97. The molecule has 0 unspecified atom stereocenters. The van der Waals surface area contributed by atoms with Crippen molar-refractivity contribution in [2.24, 2.45) is 0 Å². The molecule has 0 aliphatic carbocycles. The molecule has 4 nitrogen and oxygen atoms in total. The average molecular weight is 382 g/mol. The Kier molecular flexibility index (Phi) is 4.86. The van der Waals surface area contributed by atoms with Crippen LogP contribution in [0.25, 0.3) is 5.65 Å². The lowest BCUT2D eigenvalue weighted by molar-refractivity contribution is 0.0742. The molecule has 6 heteroatoms. The normalized spacial score (nSPS) is 11.1. The molecule has 0 fully saturated rings. The molecule has 4 aromatic heterocycles. The number of hydrogen-bond acceptors (Lipinski definition) is 4. The Labute approximate surface area is 160 Å². The molecule has 0 aliphatic rings. The van der Waals surface area contributed by atoms with Crippen molar-refractivity contribution in [3.8, 4) is 0 Å². The lowest BCUT2D eigenvalue weighted by Crippen LogP contribution is -2.32. The van der Waals surface area contributed by atoms with E-state index in [0.29, 0.717) is 18.8 Å². The van der Waals surface area contributed by atoms with E-state index >= 15 is 0 Å². The largest absolute Gasteiger partial charge is 0.332 e. The van der Waals surface area contributed by atoms with Crippen molar-refractivity contribution < 1.29 is 4.79 Å². The zero-order valence-electron chi connectivity index (χ0n) is 14.5. The van der Waals surface area contributed by atoms with Crippen LogP contribution in [0.1, 0.15) is 25.9 Å². The molecule has 0 spiro atoms. The van der Waals surface area contributed by atoms with E-state index in [1.165, 1.54) is 9.75 Å². The van der Waals surface area contributed by atoms with E-state index in [9.17, 15) is 4.79 Å². The number of rotatable bonds is 6.